The second-order valence-corrected chi connectivity index (χ2v) is 3.81. The molecule has 1 aliphatic heterocycles. The van der Waals surface area contributed by atoms with E-state index in [0.29, 0.717) is 0 Å². The largest absolute Gasteiger partial charge is 0.387 e. The number of hydrogen-bond acceptors (Lipinski definition) is 2. The molecule has 11 heavy (non-hydrogen) atoms. The van der Waals surface area contributed by atoms with Crippen LogP contribution >= 0.6 is 0 Å². The molecule has 1 aliphatic carbocycles. The summed E-state index contributed by atoms with van der Waals surface area (Å²) in [6.45, 7) is 0.854. The van der Waals surface area contributed by atoms with Gasteiger partial charge in [-0.2, -0.15) is 0 Å². The van der Waals surface area contributed by atoms with Gasteiger partial charge < -0.3 is 9.84 Å². The van der Waals surface area contributed by atoms with E-state index < -0.39 is 5.60 Å². The third-order valence-corrected chi connectivity index (χ3v) is 3.00. The maximum atomic E-state index is 10.1. The SMILES string of the molecule is O[C@]12CCCC[C@H]1OCCC2. The van der Waals surface area contributed by atoms with E-state index in [1.165, 1.54) is 12.8 Å². The highest BCUT2D eigenvalue weighted by Gasteiger charge is 2.41. The number of ether oxygens (including phenoxy) is 1. The Morgan fingerprint density at radius 2 is 2.00 bits per heavy atom. The Labute approximate surface area is 67.6 Å². The van der Waals surface area contributed by atoms with Gasteiger partial charge in [-0.15, -0.1) is 0 Å². The van der Waals surface area contributed by atoms with E-state index in [1.54, 1.807) is 0 Å². The minimum absolute atomic E-state index is 0.157. The Morgan fingerprint density at radius 1 is 1.18 bits per heavy atom. The fraction of sp³-hybridized carbons (Fsp3) is 1.00. The fourth-order valence-electron chi connectivity index (χ4n) is 2.32. The first kappa shape index (κ1) is 7.56. The van der Waals surface area contributed by atoms with Crippen LogP contribution in [-0.2, 0) is 4.74 Å². The molecule has 1 saturated heterocycles. The van der Waals surface area contributed by atoms with E-state index in [4.69, 9.17) is 4.74 Å². The lowest BCUT2D eigenvalue weighted by molar-refractivity contribution is -0.163. The number of fused-ring (bicyclic) bond motifs is 1. The maximum absolute atomic E-state index is 10.1. The quantitative estimate of drug-likeness (QED) is 0.575. The van der Waals surface area contributed by atoms with E-state index in [1.807, 2.05) is 0 Å². The first-order valence-corrected chi connectivity index (χ1v) is 4.65. The molecule has 2 rings (SSSR count). The summed E-state index contributed by atoms with van der Waals surface area (Å²) < 4.78 is 5.53. The van der Waals surface area contributed by atoms with Gasteiger partial charge in [-0.1, -0.05) is 12.8 Å². The molecule has 0 bridgehead atoms. The lowest BCUT2D eigenvalue weighted by Gasteiger charge is -2.43. The van der Waals surface area contributed by atoms with Gasteiger partial charge in [0.05, 0.1) is 11.7 Å². The fourth-order valence-corrected chi connectivity index (χ4v) is 2.32. The summed E-state index contributed by atoms with van der Waals surface area (Å²) in [6.07, 6.45) is 6.58. The van der Waals surface area contributed by atoms with Crippen molar-refractivity contribution in [2.75, 3.05) is 6.61 Å². The molecule has 64 valence electrons. The normalized spacial score (nSPS) is 45.0. The van der Waals surface area contributed by atoms with Gasteiger partial charge in [0.15, 0.2) is 0 Å². The molecule has 2 nitrogen and oxygen atoms in total. The van der Waals surface area contributed by atoms with Gasteiger partial charge in [0, 0.05) is 6.61 Å². The third kappa shape index (κ3) is 1.30. The van der Waals surface area contributed by atoms with Crippen LogP contribution in [0.1, 0.15) is 38.5 Å². The summed E-state index contributed by atoms with van der Waals surface area (Å²) in [6, 6.07) is 0. The van der Waals surface area contributed by atoms with Gasteiger partial charge in [-0.3, -0.25) is 0 Å². The van der Waals surface area contributed by atoms with Crippen molar-refractivity contribution in [2.45, 2.75) is 50.2 Å². The summed E-state index contributed by atoms with van der Waals surface area (Å²) in [5.74, 6) is 0. The molecule has 0 aromatic heterocycles. The zero-order chi connectivity index (χ0) is 7.73. The molecule has 1 N–H and O–H groups in total. The van der Waals surface area contributed by atoms with E-state index in [0.717, 1.165) is 32.3 Å². The van der Waals surface area contributed by atoms with E-state index in [9.17, 15) is 5.11 Å². The molecule has 2 fully saturated rings. The molecule has 2 aliphatic rings. The zero-order valence-electron chi connectivity index (χ0n) is 6.88. The standard InChI is InChI=1S/C9H16O2/c10-9-5-2-1-4-8(9)11-7-3-6-9/h8,10H,1-7H2/t8-,9+/m1/s1. The molecule has 2 atom stereocenters. The summed E-state index contributed by atoms with van der Waals surface area (Å²) >= 11 is 0. The van der Waals surface area contributed by atoms with Crippen molar-refractivity contribution < 1.29 is 9.84 Å². The van der Waals surface area contributed by atoms with Crippen molar-refractivity contribution in [3.63, 3.8) is 0 Å². The third-order valence-electron chi connectivity index (χ3n) is 3.00. The lowest BCUT2D eigenvalue weighted by atomic mass is 9.78. The van der Waals surface area contributed by atoms with Crippen LogP contribution in [-0.4, -0.2) is 23.4 Å². The van der Waals surface area contributed by atoms with E-state index in [-0.39, 0.29) is 6.10 Å². The van der Waals surface area contributed by atoms with Gasteiger partial charge in [0.25, 0.3) is 0 Å². The van der Waals surface area contributed by atoms with Crippen molar-refractivity contribution >= 4 is 0 Å². The van der Waals surface area contributed by atoms with Gasteiger partial charge in [0.2, 0.25) is 0 Å². The Balaban J connectivity index is 2.06. The van der Waals surface area contributed by atoms with Crippen LogP contribution in [0.2, 0.25) is 0 Å². The van der Waals surface area contributed by atoms with Gasteiger partial charge in [0.1, 0.15) is 0 Å². The molecule has 0 amide bonds. The minimum Gasteiger partial charge on any atom is -0.387 e. The molecular formula is C9H16O2. The summed E-state index contributed by atoms with van der Waals surface area (Å²) in [5.41, 5.74) is -0.448. The van der Waals surface area contributed by atoms with Gasteiger partial charge in [-0.25, -0.2) is 0 Å². The molecule has 0 aromatic carbocycles. The predicted octanol–water partition coefficient (Wildman–Crippen LogP) is 1.47. The van der Waals surface area contributed by atoms with Crippen LogP contribution < -0.4 is 0 Å². The monoisotopic (exact) mass is 156 g/mol. The molecule has 0 unspecified atom stereocenters. The van der Waals surface area contributed by atoms with Crippen molar-refractivity contribution in [2.24, 2.45) is 0 Å². The Hall–Kier alpha value is -0.0800. The van der Waals surface area contributed by atoms with Crippen molar-refractivity contribution in [1.29, 1.82) is 0 Å². The van der Waals surface area contributed by atoms with E-state index in [2.05, 4.69) is 0 Å². The lowest BCUT2D eigenvalue weighted by Crippen LogP contribution is -2.49. The van der Waals surface area contributed by atoms with Crippen molar-refractivity contribution in [1.82, 2.24) is 0 Å². The molecular weight excluding hydrogens is 140 g/mol. The second-order valence-electron chi connectivity index (χ2n) is 3.81. The topological polar surface area (TPSA) is 29.5 Å². The average molecular weight is 156 g/mol. The highest BCUT2D eigenvalue weighted by atomic mass is 16.5. The number of hydrogen-bond donors (Lipinski definition) is 1. The molecule has 0 spiro atoms. The van der Waals surface area contributed by atoms with Crippen LogP contribution in [0.4, 0.5) is 0 Å². The highest BCUT2D eigenvalue weighted by molar-refractivity contribution is 4.93. The van der Waals surface area contributed by atoms with Crippen LogP contribution in [0.3, 0.4) is 0 Å². The summed E-state index contributed by atoms with van der Waals surface area (Å²) in [5, 5.41) is 10.1. The number of rotatable bonds is 0. The van der Waals surface area contributed by atoms with Crippen molar-refractivity contribution in [3.8, 4) is 0 Å². The smallest absolute Gasteiger partial charge is 0.0909 e. The molecule has 1 saturated carbocycles. The first-order valence-electron chi connectivity index (χ1n) is 4.65. The molecule has 1 heterocycles. The predicted molar refractivity (Wildman–Crippen MR) is 42.4 cm³/mol. The number of aliphatic hydroxyl groups is 1. The Morgan fingerprint density at radius 3 is 2.82 bits per heavy atom. The molecule has 0 aromatic rings. The average Bonchev–Trinajstić information content (AvgIpc) is 2.03. The second kappa shape index (κ2) is 2.76. The van der Waals surface area contributed by atoms with Gasteiger partial charge >= 0.3 is 0 Å². The van der Waals surface area contributed by atoms with Crippen LogP contribution in [0.15, 0.2) is 0 Å². The van der Waals surface area contributed by atoms with Crippen LogP contribution in [0, 0.1) is 0 Å². The van der Waals surface area contributed by atoms with Crippen LogP contribution in [0.5, 0.6) is 0 Å². The highest BCUT2D eigenvalue weighted by Crippen LogP contribution is 2.36. The summed E-state index contributed by atoms with van der Waals surface area (Å²) in [4.78, 5) is 0. The summed E-state index contributed by atoms with van der Waals surface area (Å²) in [7, 11) is 0. The Bertz CT molecular complexity index is 132. The van der Waals surface area contributed by atoms with Gasteiger partial charge in [-0.05, 0) is 25.7 Å². The molecule has 2 heteroatoms. The first-order chi connectivity index (χ1) is 5.31. The molecule has 0 radical (unpaired) electrons. The van der Waals surface area contributed by atoms with Crippen molar-refractivity contribution in [3.05, 3.63) is 0 Å². The minimum atomic E-state index is -0.448. The van der Waals surface area contributed by atoms with E-state index >= 15 is 0 Å². The zero-order valence-corrected chi connectivity index (χ0v) is 6.88. The maximum Gasteiger partial charge on any atom is 0.0909 e. The Kier molecular flexibility index (Phi) is 1.90. The van der Waals surface area contributed by atoms with Crippen LogP contribution in [0.25, 0.3) is 0 Å².